The summed E-state index contributed by atoms with van der Waals surface area (Å²) < 4.78 is 0. The number of hydrogen-bond donors (Lipinski definition) is 3. The Balaban J connectivity index is 1.92. The first-order valence-corrected chi connectivity index (χ1v) is 8.33. The molecule has 0 fully saturated rings. The quantitative estimate of drug-likeness (QED) is 0.555. The minimum atomic E-state index is -0.635. The van der Waals surface area contributed by atoms with Crippen molar-refractivity contribution in [3.05, 3.63) is 81.5 Å². The Hall–Kier alpha value is -3.68. The average Bonchev–Trinajstić information content (AvgIpc) is 2.66. The van der Waals surface area contributed by atoms with Gasteiger partial charge >= 0.3 is 0 Å². The van der Waals surface area contributed by atoms with Gasteiger partial charge in [-0.2, -0.15) is 0 Å². The first-order chi connectivity index (χ1) is 13.0. The Morgan fingerprint density at radius 2 is 1.89 bits per heavy atom. The molecular weight excluding hydrogens is 346 g/mol. The number of Topliss-reactive ketones (excluding diaryl/α,β-unsaturated/α-hetero) is 1. The number of rotatable bonds is 5. The van der Waals surface area contributed by atoms with Crippen LogP contribution < -0.4 is 16.2 Å². The van der Waals surface area contributed by atoms with Crippen LogP contribution in [0.25, 0.3) is 0 Å². The van der Waals surface area contributed by atoms with E-state index >= 15 is 0 Å². The number of ketones is 1. The molecule has 2 aromatic rings. The molecule has 0 spiro atoms. The SMILES string of the molecule is CC(=O)C1=C(C)NC(NNc2ccccc2)=NC1c1cccc([N+](=O)[O-])c1. The van der Waals surface area contributed by atoms with Crippen molar-refractivity contribution < 1.29 is 9.72 Å². The van der Waals surface area contributed by atoms with Crippen LogP contribution in [0.15, 0.2) is 70.9 Å². The minimum absolute atomic E-state index is 0.0429. The highest BCUT2D eigenvalue weighted by molar-refractivity contribution is 5.98. The molecule has 0 amide bonds. The lowest BCUT2D eigenvalue weighted by atomic mass is 9.93. The van der Waals surface area contributed by atoms with Gasteiger partial charge < -0.3 is 5.32 Å². The molecule has 0 bridgehead atoms. The largest absolute Gasteiger partial charge is 0.328 e. The zero-order valence-corrected chi connectivity index (χ0v) is 14.9. The van der Waals surface area contributed by atoms with Crippen LogP contribution in [-0.4, -0.2) is 16.7 Å². The highest BCUT2D eigenvalue weighted by atomic mass is 16.6. The molecule has 1 unspecified atom stereocenters. The Bertz CT molecular complexity index is 937. The molecule has 27 heavy (non-hydrogen) atoms. The number of allylic oxidation sites excluding steroid dienone is 1. The van der Waals surface area contributed by atoms with E-state index in [1.807, 2.05) is 30.3 Å². The van der Waals surface area contributed by atoms with E-state index in [2.05, 4.69) is 21.2 Å². The number of nitrogens with one attached hydrogen (secondary N) is 3. The van der Waals surface area contributed by atoms with Crippen LogP contribution in [0.1, 0.15) is 25.5 Å². The van der Waals surface area contributed by atoms with Crippen LogP contribution >= 0.6 is 0 Å². The molecule has 0 saturated carbocycles. The van der Waals surface area contributed by atoms with Gasteiger partial charge in [0.1, 0.15) is 6.04 Å². The lowest BCUT2D eigenvalue weighted by Crippen LogP contribution is -2.43. The number of carbonyl (C=O) groups excluding carboxylic acids is 1. The highest BCUT2D eigenvalue weighted by Gasteiger charge is 2.28. The van der Waals surface area contributed by atoms with Crippen LogP contribution in [0.3, 0.4) is 0 Å². The number of hydrogen-bond acceptors (Lipinski definition) is 7. The second-order valence-electron chi connectivity index (χ2n) is 6.07. The van der Waals surface area contributed by atoms with E-state index in [1.54, 1.807) is 19.1 Å². The van der Waals surface area contributed by atoms with E-state index in [9.17, 15) is 14.9 Å². The van der Waals surface area contributed by atoms with Gasteiger partial charge in [-0.15, -0.1) is 0 Å². The molecule has 8 nitrogen and oxygen atoms in total. The Morgan fingerprint density at radius 3 is 2.56 bits per heavy atom. The van der Waals surface area contributed by atoms with Crippen molar-refractivity contribution in [2.45, 2.75) is 19.9 Å². The van der Waals surface area contributed by atoms with E-state index in [-0.39, 0.29) is 11.5 Å². The van der Waals surface area contributed by atoms with Crippen LogP contribution in [0.5, 0.6) is 0 Å². The summed E-state index contributed by atoms with van der Waals surface area (Å²) in [5, 5.41) is 14.2. The Morgan fingerprint density at radius 1 is 1.15 bits per heavy atom. The maximum atomic E-state index is 12.2. The summed E-state index contributed by atoms with van der Waals surface area (Å²) in [7, 11) is 0. The maximum Gasteiger partial charge on any atom is 0.269 e. The lowest BCUT2D eigenvalue weighted by Gasteiger charge is -2.26. The third-order valence-electron chi connectivity index (χ3n) is 4.12. The molecule has 1 atom stereocenters. The van der Waals surface area contributed by atoms with Crippen LogP contribution in [0.2, 0.25) is 0 Å². The Labute approximate surface area is 156 Å². The predicted octanol–water partition coefficient (Wildman–Crippen LogP) is 3.07. The number of carbonyl (C=O) groups is 1. The first-order valence-electron chi connectivity index (χ1n) is 8.33. The first kappa shape index (κ1) is 18.1. The molecule has 0 saturated heterocycles. The van der Waals surface area contributed by atoms with Crippen molar-refractivity contribution in [1.29, 1.82) is 0 Å². The van der Waals surface area contributed by atoms with Crippen molar-refractivity contribution >= 4 is 23.1 Å². The molecular formula is C19H19N5O3. The average molecular weight is 365 g/mol. The molecule has 3 rings (SSSR count). The van der Waals surface area contributed by atoms with Gasteiger partial charge in [0.2, 0.25) is 5.96 Å². The summed E-state index contributed by atoms with van der Waals surface area (Å²) in [6, 6.07) is 15.0. The number of nitrogens with zero attached hydrogens (tertiary/aromatic N) is 2. The van der Waals surface area contributed by atoms with Gasteiger partial charge in [0.25, 0.3) is 5.69 Å². The zero-order valence-electron chi connectivity index (χ0n) is 14.9. The zero-order chi connectivity index (χ0) is 19.4. The number of hydrazine groups is 1. The fraction of sp³-hybridized carbons (Fsp3) is 0.158. The minimum Gasteiger partial charge on any atom is -0.328 e. The van der Waals surface area contributed by atoms with Crippen molar-refractivity contribution in [2.24, 2.45) is 4.99 Å². The van der Waals surface area contributed by atoms with Crippen molar-refractivity contribution in [2.75, 3.05) is 5.43 Å². The molecule has 8 heteroatoms. The third-order valence-corrected chi connectivity index (χ3v) is 4.12. The molecule has 1 aliphatic heterocycles. The van der Waals surface area contributed by atoms with E-state index < -0.39 is 11.0 Å². The summed E-state index contributed by atoms with van der Waals surface area (Å²) in [6.45, 7) is 3.24. The molecule has 0 aromatic heterocycles. The predicted molar refractivity (Wildman–Crippen MR) is 103 cm³/mol. The standard InChI is InChI=1S/C19H19N5O3/c1-12-17(13(2)25)18(14-7-6-10-16(11-14)24(26)27)21-19(20-12)23-22-15-8-4-3-5-9-15/h3-11,18,22H,1-2H3,(H2,20,21,23). The van der Waals surface area contributed by atoms with E-state index in [1.165, 1.54) is 19.1 Å². The summed E-state index contributed by atoms with van der Waals surface area (Å²) in [4.78, 5) is 27.3. The number of para-hydroxylation sites is 1. The number of anilines is 1. The summed E-state index contributed by atoms with van der Waals surface area (Å²) in [5.41, 5.74) is 8.49. The van der Waals surface area contributed by atoms with Crippen LogP contribution in [0.4, 0.5) is 11.4 Å². The smallest absolute Gasteiger partial charge is 0.269 e. The van der Waals surface area contributed by atoms with E-state index in [0.29, 0.717) is 22.8 Å². The number of non-ortho nitro benzene ring substituents is 1. The summed E-state index contributed by atoms with van der Waals surface area (Å²) in [5.74, 6) is 0.271. The number of nitro groups is 1. The summed E-state index contributed by atoms with van der Waals surface area (Å²) >= 11 is 0. The van der Waals surface area contributed by atoms with Gasteiger partial charge in [-0.3, -0.25) is 25.8 Å². The van der Waals surface area contributed by atoms with Gasteiger partial charge in [-0.25, -0.2) is 4.99 Å². The molecule has 1 heterocycles. The second kappa shape index (κ2) is 7.69. The number of benzene rings is 2. The fourth-order valence-corrected chi connectivity index (χ4v) is 2.90. The second-order valence-corrected chi connectivity index (χ2v) is 6.07. The molecule has 0 radical (unpaired) electrons. The molecule has 3 N–H and O–H groups in total. The number of aliphatic imine (C=N–C) groups is 1. The fourth-order valence-electron chi connectivity index (χ4n) is 2.90. The van der Waals surface area contributed by atoms with Crippen molar-refractivity contribution in [3.8, 4) is 0 Å². The van der Waals surface area contributed by atoms with Crippen molar-refractivity contribution in [1.82, 2.24) is 10.7 Å². The van der Waals surface area contributed by atoms with Crippen molar-refractivity contribution in [3.63, 3.8) is 0 Å². The molecule has 2 aromatic carbocycles. The van der Waals surface area contributed by atoms with Crippen LogP contribution in [-0.2, 0) is 4.79 Å². The highest BCUT2D eigenvalue weighted by Crippen LogP contribution is 2.32. The van der Waals surface area contributed by atoms with Crippen LogP contribution in [0, 0.1) is 10.1 Å². The molecule has 138 valence electrons. The monoisotopic (exact) mass is 365 g/mol. The topological polar surface area (TPSA) is 109 Å². The van der Waals surface area contributed by atoms with Gasteiger partial charge in [0, 0.05) is 23.4 Å². The van der Waals surface area contributed by atoms with Gasteiger partial charge in [-0.1, -0.05) is 30.3 Å². The van der Waals surface area contributed by atoms with Gasteiger partial charge in [0.15, 0.2) is 5.78 Å². The summed E-state index contributed by atoms with van der Waals surface area (Å²) in [6.07, 6.45) is 0. The third kappa shape index (κ3) is 4.12. The van der Waals surface area contributed by atoms with E-state index in [0.717, 1.165) is 5.69 Å². The maximum absolute atomic E-state index is 12.2. The molecule has 0 aliphatic carbocycles. The Kier molecular flexibility index (Phi) is 5.16. The van der Waals surface area contributed by atoms with E-state index in [4.69, 9.17) is 0 Å². The van der Waals surface area contributed by atoms with Gasteiger partial charge in [0.05, 0.1) is 10.6 Å². The van der Waals surface area contributed by atoms with Gasteiger partial charge in [-0.05, 0) is 31.5 Å². The molecule has 1 aliphatic rings. The lowest BCUT2D eigenvalue weighted by molar-refractivity contribution is -0.384. The normalized spacial score (nSPS) is 16.2. The number of nitro benzene ring substituents is 1. The number of guanidine groups is 1.